The van der Waals surface area contributed by atoms with Crippen molar-refractivity contribution in [2.24, 2.45) is 0 Å². The molecule has 0 amide bonds. The van der Waals surface area contributed by atoms with E-state index in [4.69, 9.17) is 14.4 Å². The van der Waals surface area contributed by atoms with Gasteiger partial charge in [-0.15, -0.1) is 0 Å². The molecule has 0 aromatic carbocycles. The first kappa shape index (κ1) is 12.6. The van der Waals surface area contributed by atoms with Crippen molar-refractivity contribution in [2.45, 2.75) is 37.8 Å². The van der Waals surface area contributed by atoms with Gasteiger partial charge >= 0.3 is 5.97 Å². The lowest BCUT2D eigenvalue weighted by Crippen LogP contribution is -2.42. The molecule has 1 aromatic rings. The van der Waals surface area contributed by atoms with Gasteiger partial charge in [0.1, 0.15) is 0 Å². The number of carboxylic acid groups (broad SMARTS) is 1. The molecule has 0 spiro atoms. The van der Waals surface area contributed by atoms with Gasteiger partial charge in [-0.05, 0) is 12.8 Å². The lowest BCUT2D eigenvalue weighted by molar-refractivity contribution is -0.142. The molecule has 1 saturated heterocycles. The van der Waals surface area contributed by atoms with Crippen LogP contribution in [0.5, 0.6) is 0 Å². The molecule has 1 unspecified atom stereocenters. The van der Waals surface area contributed by atoms with Crippen LogP contribution in [0.25, 0.3) is 0 Å². The SMILES string of the molecule is O=C(O)CC1CN(Cc2nc(C3CC3)no2)CCO1. The molecule has 3 rings (SSSR count). The van der Waals surface area contributed by atoms with Crippen LogP contribution in [0, 0.1) is 0 Å². The molecule has 1 N–H and O–H groups in total. The Balaban J connectivity index is 1.54. The number of aliphatic carboxylic acids is 1. The van der Waals surface area contributed by atoms with Gasteiger partial charge in [-0.25, -0.2) is 0 Å². The van der Waals surface area contributed by atoms with Crippen molar-refractivity contribution in [3.05, 3.63) is 11.7 Å². The summed E-state index contributed by atoms with van der Waals surface area (Å²) in [5, 5.41) is 12.7. The third-order valence-corrected chi connectivity index (χ3v) is 3.41. The summed E-state index contributed by atoms with van der Waals surface area (Å²) in [5.41, 5.74) is 0. The molecule has 0 bridgehead atoms. The van der Waals surface area contributed by atoms with E-state index < -0.39 is 5.97 Å². The summed E-state index contributed by atoms with van der Waals surface area (Å²) in [4.78, 5) is 17.2. The van der Waals surface area contributed by atoms with E-state index in [1.165, 1.54) is 0 Å². The Morgan fingerprint density at radius 3 is 3.05 bits per heavy atom. The van der Waals surface area contributed by atoms with Crippen LogP contribution in [0.4, 0.5) is 0 Å². The van der Waals surface area contributed by atoms with Gasteiger partial charge in [0.05, 0.1) is 25.7 Å². The predicted molar refractivity (Wildman–Crippen MR) is 63.5 cm³/mol. The minimum absolute atomic E-state index is 0.0354. The molecule has 2 heterocycles. The normalized spacial score (nSPS) is 24.5. The molecule has 2 fully saturated rings. The lowest BCUT2D eigenvalue weighted by Gasteiger charge is -2.31. The van der Waals surface area contributed by atoms with Crippen molar-refractivity contribution in [3.63, 3.8) is 0 Å². The Morgan fingerprint density at radius 2 is 2.32 bits per heavy atom. The van der Waals surface area contributed by atoms with Crippen LogP contribution in [-0.2, 0) is 16.1 Å². The number of rotatable bonds is 5. The first-order valence-corrected chi connectivity index (χ1v) is 6.59. The second-order valence-corrected chi connectivity index (χ2v) is 5.15. The van der Waals surface area contributed by atoms with Crippen molar-refractivity contribution in [2.75, 3.05) is 19.7 Å². The minimum atomic E-state index is -0.833. The van der Waals surface area contributed by atoms with E-state index in [2.05, 4.69) is 15.0 Å². The van der Waals surface area contributed by atoms with Crippen LogP contribution < -0.4 is 0 Å². The predicted octanol–water partition coefficient (Wildman–Crippen LogP) is 0.623. The largest absolute Gasteiger partial charge is 0.481 e. The molecule has 1 aliphatic carbocycles. The fourth-order valence-corrected chi connectivity index (χ4v) is 2.27. The third-order valence-electron chi connectivity index (χ3n) is 3.41. The molecule has 1 saturated carbocycles. The minimum Gasteiger partial charge on any atom is -0.481 e. The highest BCUT2D eigenvalue weighted by Gasteiger charge is 2.29. The number of hydrogen-bond donors (Lipinski definition) is 1. The summed E-state index contributed by atoms with van der Waals surface area (Å²) >= 11 is 0. The average Bonchev–Trinajstić information content (AvgIpc) is 3.10. The molecule has 19 heavy (non-hydrogen) atoms. The summed E-state index contributed by atoms with van der Waals surface area (Å²) in [6.07, 6.45) is 2.08. The standard InChI is InChI=1S/C12H17N3O4/c16-11(17)5-9-6-15(3-4-18-9)7-10-13-12(14-19-10)8-1-2-8/h8-9H,1-7H2,(H,16,17). The number of carboxylic acids is 1. The van der Waals surface area contributed by atoms with E-state index in [-0.39, 0.29) is 12.5 Å². The van der Waals surface area contributed by atoms with E-state index in [1.807, 2.05) is 0 Å². The van der Waals surface area contributed by atoms with Gasteiger partial charge in [0.15, 0.2) is 5.82 Å². The number of ether oxygens (including phenoxy) is 1. The maximum atomic E-state index is 10.7. The van der Waals surface area contributed by atoms with Gasteiger partial charge in [-0.1, -0.05) is 5.16 Å². The third kappa shape index (κ3) is 3.30. The quantitative estimate of drug-likeness (QED) is 0.836. The summed E-state index contributed by atoms with van der Waals surface area (Å²) in [6, 6.07) is 0. The van der Waals surface area contributed by atoms with Crippen LogP contribution in [0.15, 0.2) is 4.52 Å². The molecule has 1 atom stereocenters. The summed E-state index contributed by atoms with van der Waals surface area (Å²) in [7, 11) is 0. The zero-order valence-corrected chi connectivity index (χ0v) is 10.6. The summed E-state index contributed by atoms with van der Waals surface area (Å²) < 4.78 is 10.6. The van der Waals surface area contributed by atoms with Gasteiger partial charge in [-0.2, -0.15) is 4.98 Å². The first-order chi connectivity index (χ1) is 9.20. The van der Waals surface area contributed by atoms with E-state index in [0.717, 1.165) is 25.2 Å². The van der Waals surface area contributed by atoms with E-state index in [9.17, 15) is 4.79 Å². The lowest BCUT2D eigenvalue weighted by atomic mass is 10.2. The Bertz CT molecular complexity index is 458. The van der Waals surface area contributed by atoms with Gasteiger partial charge in [0, 0.05) is 19.0 Å². The zero-order chi connectivity index (χ0) is 13.2. The van der Waals surface area contributed by atoms with E-state index >= 15 is 0 Å². The van der Waals surface area contributed by atoms with Crippen molar-refractivity contribution >= 4 is 5.97 Å². The number of morpholine rings is 1. The maximum Gasteiger partial charge on any atom is 0.306 e. The maximum absolute atomic E-state index is 10.7. The smallest absolute Gasteiger partial charge is 0.306 e. The number of hydrogen-bond acceptors (Lipinski definition) is 6. The number of nitrogens with zero attached hydrogens (tertiary/aromatic N) is 3. The average molecular weight is 267 g/mol. The molecule has 2 aliphatic rings. The molecule has 104 valence electrons. The molecule has 7 heteroatoms. The van der Waals surface area contributed by atoms with Crippen LogP contribution in [0.2, 0.25) is 0 Å². The fourth-order valence-electron chi connectivity index (χ4n) is 2.27. The van der Waals surface area contributed by atoms with E-state index in [0.29, 0.717) is 31.5 Å². The topological polar surface area (TPSA) is 88.7 Å². The number of aromatic nitrogens is 2. The Kier molecular flexibility index (Phi) is 3.48. The van der Waals surface area contributed by atoms with Crippen LogP contribution in [0.1, 0.15) is 36.9 Å². The van der Waals surface area contributed by atoms with Gasteiger partial charge in [0.25, 0.3) is 0 Å². The first-order valence-electron chi connectivity index (χ1n) is 6.59. The van der Waals surface area contributed by atoms with Gasteiger partial charge in [-0.3, -0.25) is 9.69 Å². The summed E-state index contributed by atoms with van der Waals surface area (Å²) in [6.45, 7) is 2.46. The van der Waals surface area contributed by atoms with E-state index in [1.54, 1.807) is 0 Å². The van der Waals surface area contributed by atoms with Crippen LogP contribution >= 0.6 is 0 Å². The Morgan fingerprint density at radius 1 is 1.47 bits per heavy atom. The molecule has 1 aliphatic heterocycles. The van der Waals surface area contributed by atoms with Gasteiger partial charge in [0.2, 0.25) is 5.89 Å². The number of carbonyl (C=O) groups is 1. The van der Waals surface area contributed by atoms with Crippen LogP contribution in [-0.4, -0.2) is 51.9 Å². The highest BCUT2D eigenvalue weighted by Crippen LogP contribution is 2.38. The van der Waals surface area contributed by atoms with Crippen molar-refractivity contribution < 1.29 is 19.2 Å². The Labute approximate surface area is 110 Å². The zero-order valence-electron chi connectivity index (χ0n) is 10.6. The fraction of sp³-hybridized carbons (Fsp3) is 0.750. The molecule has 0 radical (unpaired) electrons. The highest BCUT2D eigenvalue weighted by atomic mass is 16.5. The van der Waals surface area contributed by atoms with Crippen LogP contribution in [0.3, 0.4) is 0 Å². The van der Waals surface area contributed by atoms with Gasteiger partial charge < -0.3 is 14.4 Å². The van der Waals surface area contributed by atoms with Crippen molar-refractivity contribution in [3.8, 4) is 0 Å². The molecular weight excluding hydrogens is 250 g/mol. The second-order valence-electron chi connectivity index (χ2n) is 5.15. The highest BCUT2D eigenvalue weighted by molar-refractivity contribution is 5.67. The van der Waals surface area contributed by atoms with Crippen molar-refractivity contribution in [1.82, 2.24) is 15.0 Å². The molecular formula is C12H17N3O4. The molecule has 7 nitrogen and oxygen atoms in total. The second kappa shape index (κ2) is 5.26. The van der Waals surface area contributed by atoms with Crippen molar-refractivity contribution in [1.29, 1.82) is 0 Å². The Hall–Kier alpha value is -1.47. The molecule has 1 aromatic heterocycles. The summed E-state index contributed by atoms with van der Waals surface area (Å²) in [5.74, 6) is 1.07. The monoisotopic (exact) mass is 267 g/mol.